The summed E-state index contributed by atoms with van der Waals surface area (Å²) >= 11 is 9.58. The minimum Gasteiger partial charge on any atom is -0.336 e. The number of carbonyl (C=O) groups is 1. The molecule has 20 heavy (non-hydrogen) atoms. The van der Waals surface area contributed by atoms with Crippen LogP contribution in [0.25, 0.3) is 0 Å². The summed E-state index contributed by atoms with van der Waals surface area (Å²) in [6, 6.07) is 5.77. The van der Waals surface area contributed by atoms with Gasteiger partial charge in [0.25, 0.3) is 5.91 Å². The van der Waals surface area contributed by atoms with Gasteiger partial charge in [-0.1, -0.05) is 27.5 Å². The molecule has 1 saturated heterocycles. The third-order valence-corrected chi connectivity index (χ3v) is 4.58. The molecule has 1 aromatic rings. The first-order valence-electron chi connectivity index (χ1n) is 7.04. The molecule has 1 amide bonds. The highest BCUT2D eigenvalue weighted by Crippen LogP contribution is 2.26. The molecule has 1 aromatic carbocycles. The van der Waals surface area contributed by atoms with Crippen LogP contribution >= 0.6 is 27.5 Å². The molecule has 0 saturated carbocycles. The average Bonchev–Trinajstić information content (AvgIpc) is 2.45. The summed E-state index contributed by atoms with van der Waals surface area (Å²) in [6.45, 7) is 1.77. The minimum atomic E-state index is 0.0586. The maximum atomic E-state index is 12.7. The van der Waals surface area contributed by atoms with Crippen LogP contribution in [-0.4, -0.2) is 37.0 Å². The number of carbonyl (C=O) groups excluding carboxylic acids is 1. The summed E-state index contributed by atoms with van der Waals surface area (Å²) in [5, 5.41) is 3.68. The van der Waals surface area contributed by atoms with Crippen molar-refractivity contribution in [3.05, 3.63) is 33.3 Å². The quantitative estimate of drug-likeness (QED) is 0.889. The van der Waals surface area contributed by atoms with Gasteiger partial charge in [-0.3, -0.25) is 4.79 Å². The van der Waals surface area contributed by atoms with Crippen LogP contribution in [0.4, 0.5) is 0 Å². The lowest BCUT2D eigenvalue weighted by Gasteiger charge is -2.36. The maximum absolute atomic E-state index is 12.7. The van der Waals surface area contributed by atoms with Crippen LogP contribution in [0.5, 0.6) is 0 Å². The largest absolute Gasteiger partial charge is 0.336 e. The van der Waals surface area contributed by atoms with Gasteiger partial charge in [-0.2, -0.15) is 0 Å². The van der Waals surface area contributed by atoms with Crippen molar-refractivity contribution in [2.24, 2.45) is 0 Å². The second kappa shape index (κ2) is 7.43. The summed E-state index contributed by atoms with van der Waals surface area (Å²) in [5.74, 6) is 0.0586. The number of benzene rings is 1. The molecule has 2 rings (SSSR count). The van der Waals surface area contributed by atoms with E-state index >= 15 is 0 Å². The van der Waals surface area contributed by atoms with E-state index in [1.165, 1.54) is 6.42 Å². The van der Waals surface area contributed by atoms with Gasteiger partial charge in [-0.15, -0.1) is 0 Å². The molecule has 1 aliphatic rings. The Morgan fingerprint density at radius 3 is 3.00 bits per heavy atom. The predicted molar refractivity (Wildman–Crippen MR) is 86.4 cm³/mol. The number of amides is 1. The second-order valence-corrected chi connectivity index (χ2v) is 6.49. The number of nitrogens with one attached hydrogen (secondary N) is 1. The van der Waals surface area contributed by atoms with Crippen LogP contribution in [0.15, 0.2) is 22.7 Å². The van der Waals surface area contributed by atoms with Gasteiger partial charge in [0.2, 0.25) is 0 Å². The Bertz CT molecular complexity index is 481. The van der Waals surface area contributed by atoms with E-state index in [4.69, 9.17) is 11.6 Å². The van der Waals surface area contributed by atoms with Gasteiger partial charge in [-0.05, 0) is 57.5 Å². The lowest BCUT2D eigenvalue weighted by Crippen LogP contribution is -2.44. The highest BCUT2D eigenvalue weighted by Gasteiger charge is 2.28. The minimum absolute atomic E-state index is 0.0586. The highest BCUT2D eigenvalue weighted by molar-refractivity contribution is 9.10. The van der Waals surface area contributed by atoms with Crippen molar-refractivity contribution in [1.82, 2.24) is 10.2 Å². The fourth-order valence-electron chi connectivity index (χ4n) is 2.70. The Labute approximate surface area is 133 Å². The van der Waals surface area contributed by atoms with Crippen molar-refractivity contribution in [3.8, 4) is 0 Å². The first-order chi connectivity index (χ1) is 9.63. The second-order valence-electron chi connectivity index (χ2n) is 5.16. The number of hydrogen-bond donors (Lipinski definition) is 1. The number of rotatable bonds is 4. The summed E-state index contributed by atoms with van der Waals surface area (Å²) in [7, 11) is 1.95. The summed E-state index contributed by atoms with van der Waals surface area (Å²) < 4.78 is 0.893. The van der Waals surface area contributed by atoms with Crippen molar-refractivity contribution in [1.29, 1.82) is 0 Å². The Morgan fingerprint density at radius 1 is 1.50 bits per heavy atom. The van der Waals surface area contributed by atoms with Crippen molar-refractivity contribution >= 4 is 33.4 Å². The fraction of sp³-hybridized carbons (Fsp3) is 0.533. The summed E-state index contributed by atoms with van der Waals surface area (Å²) in [5.41, 5.74) is 0.603. The molecular formula is C15H20BrClN2O. The van der Waals surface area contributed by atoms with Crippen LogP contribution in [0.1, 0.15) is 36.0 Å². The van der Waals surface area contributed by atoms with E-state index in [1.807, 2.05) is 18.0 Å². The van der Waals surface area contributed by atoms with Crippen molar-refractivity contribution in [2.75, 3.05) is 20.1 Å². The molecule has 1 atom stereocenters. The van der Waals surface area contributed by atoms with Crippen LogP contribution in [-0.2, 0) is 0 Å². The first kappa shape index (κ1) is 15.8. The molecule has 3 nitrogen and oxygen atoms in total. The third kappa shape index (κ3) is 3.74. The van der Waals surface area contributed by atoms with Gasteiger partial charge in [-0.25, -0.2) is 0 Å². The molecule has 0 bridgehead atoms. The lowest BCUT2D eigenvalue weighted by atomic mass is 9.98. The van der Waals surface area contributed by atoms with E-state index in [-0.39, 0.29) is 5.91 Å². The van der Waals surface area contributed by atoms with E-state index in [1.54, 1.807) is 12.1 Å². The van der Waals surface area contributed by atoms with E-state index in [2.05, 4.69) is 21.2 Å². The van der Waals surface area contributed by atoms with Gasteiger partial charge in [0.15, 0.2) is 0 Å². The Balaban J connectivity index is 2.16. The Kier molecular flexibility index (Phi) is 5.87. The molecule has 1 heterocycles. The molecule has 110 valence electrons. The average molecular weight is 360 g/mol. The number of nitrogens with zero attached hydrogens (tertiary/aromatic N) is 1. The zero-order valence-corrected chi connectivity index (χ0v) is 14.0. The van der Waals surface area contributed by atoms with Gasteiger partial charge >= 0.3 is 0 Å². The molecule has 0 aliphatic carbocycles. The zero-order valence-electron chi connectivity index (χ0n) is 11.7. The summed E-state index contributed by atoms with van der Waals surface area (Å²) in [4.78, 5) is 14.7. The Hall–Kier alpha value is -0.580. The first-order valence-corrected chi connectivity index (χ1v) is 8.21. The normalized spacial score (nSPS) is 19.1. The van der Waals surface area contributed by atoms with E-state index in [9.17, 15) is 4.79 Å². The Morgan fingerprint density at radius 2 is 2.30 bits per heavy atom. The smallest absolute Gasteiger partial charge is 0.255 e. The zero-order chi connectivity index (χ0) is 14.5. The third-order valence-electron chi connectivity index (χ3n) is 3.78. The SMILES string of the molecule is CNCCC1CCCCN1C(=O)c1ccc(Br)cc1Cl. The van der Waals surface area contributed by atoms with E-state index < -0.39 is 0 Å². The van der Waals surface area contributed by atoms with Gasteiger partial charge in [0.05, 0.1) is 10.6 Å². The lowest BCUT2D eigenvalue weighted by molar-refractivity contribution is 0.0603. The molecule has 0 aromatic heterocycles. The molecule has 1 fully saturated rings. The van der Waals surface area contributed by atoms with Crippen LogP contribution < -0.4 is 5.32 Å². The molecule has 5 heteroatoms. The van der Waals surface area contributed by atoms with Crippen molar-refractivity contribution in [3.63, 3.8) is 0 Å². The number of likely N-dealkylation sites (tertiary alicyclic amines) is 1. The number of piperidine rings is 1. The van der Waals surface area contributed by atoms with Crippen LogP contribution in [0, 0.1) is 0 Å². The van der Waals surface area contributed by atoms with Crippen molar-refractivity contribution in [2.45, 2.75) is 31.7 Å². The number of hydrogen-bond acceptors (Lipinski definition) is 2. The van der Waals surface area contributed by atoms with Gasteiger partial charge < -0.3 is 10.2 Å². The van der Waals surface area contributed by atoms with Crippen molar-refractivity contribution < 1.29 is 4.79 Å². The molecule has 1 aliphatic heterocycles. The highest BCUT2D eigenvalue weighted by atomic mass is 79.9. The molecule has 1 unspecified atom stereocenters. The molecule has 1 N–H and O–H groups in total. The van der Waals surface area contributed by atoms with Crippen LogP contribution in [0.3, 0.4) is 0 Å². The van der Waals surface area contributed by atoms with E-state index in [0.717, 1.165) is 36.8 Å². The molecule has 0 spiro atoms. The molecular weight excluding hydrogens is 340 g/mol. The maximum Gasteiger partial charge on any atom is 0.255 e. The monoisotopic (exact) mass is 358 g/mol. The fourth-order valence-corrected chi connectivity index (χ4v) is 3.45. The topological polar surface area (TPSA) is 32.3 Å². The van der Waals surface area contributed by atoms with Gasteiger partial charge in [0, 0.05) is 17.1 Å². The molecule has 0 radical (unpaired) electrons. The van der Waals surface area contributed by atoms with E-state index in [0.29, 0.717) is 16.6 Å². The standard InChI is InChI=1S/C15H20BrClN2O/c1-18-8-7-12-4-2-3-9-19(12)15(20)13-6-5-11(16)10-14(13)17/h5-6,10,12,18H,2-4,7-9H2,1H3. The van der Waals surface area contributed by atoms with Gasteiger partial charge in [0.1, 0.15) is 0 Å². The van der Waals surface area contributed by atoms with Crippen LogP contribution in [0.2, 0.25) is 5.02 Å². The predicted octanol–water partition coefficient (Wildman–Crippen LogP) is 3.71. The number of halogens is 2. The summed E-state index contributed by atoms with van der Waals surface area (Å²) in [6.07, 6.45) is 4.36.